The van der Waals surface area contributed by atoms with Crippen LogP contribution in [0, 0.1) is 0 Å². The third-order valence-corrected chi connectivity index (χ3v) is 3.77. The number of amides is 1. The minimum Gasteiger partial charge on any atom is -0.550 e. The van der Waals surface area contributed by atoms with Gasteiger partial charge in [0.15, 0.2) is 5.17 Å². The monoisotopic (exact) mass is 344 g/mol. The molecule has 10 heteroatoms. The van der Waals surface area contributed by atoms with Crippen LogP contribution in [0.15, 0.2) is 34.5 Å². The van der Waals surface area contributed by atoms with Crippen LogP contribution in [0.3, 0.4) is 0 Å². The van der Waals surface area contributed by atoms with E-state index in [2.05, 4.69) is 15.5 Å². The van der Waals surface area contributed by atoms with Crippen molar-refractivity contribution >= 4 is 35.0 Å². The predicted octanol–water partition coefficient (Wildman–Crippen LogP) is 0.767. The minimum absolute atomic E-state index is 0.0736. The van der Waals surface area contributed by atoms with E-state index in [9.17, 15) is 27.9 Å². The van der Waals surface area contributed by atoms with Gasteiger partial charge in [-0.3, -0.25) is 4.79 Å². The van der Waals surface area contributed by atoms with E-state index in [0.717, 1.165) is 30.1 Å². The molecule has 2 rings (SSSR count). The Morgan fingerprint density at radius 2 is 2.17 bits per heavy atom. The second-order valence-corrected chi connectivity index (χ2v) is 5.64. The van der Waals surface area contributed by atoms with Crippen LogP contribution in [0.4, 0.5) is 13.2 Å². The molecule has 122 valence electrons. The van der Waals surface area contributed by atoms with Crippen LogP contribution in [-0.2, 0) is 15.8 Å². The highest BCUT2D eigenvalue weighted by atomic mass is 32.2. The molecule has 0 saturated carbocycles. The topological polar surface area (TPSA) is 93.9 Å². The van der Waals surface area contributed by atoms with Crippen molar-refractivity contribution in [2.75, 3.05) is 0 Å². The Bertz CT molecular complexity index is 689. The Labute approximate surface area is 132 Å². The first kappa shape index (κ1) is 17.0. The molecule has 0 radical (unpaired) electrons. The number of hydrogen-bond acceptors (Lipinski definition) is 6. The number of amidine groups is 1. The van der Waals surface area contributed by atoms with E-state index in [1.165, 1.54) is 12.1 Å². The summed E-state index contributed by atoms with van der Waals surface area (Å²) >= 11 is 0.864. The highest BCUT2D eigenvalue weighted by Crippen LogP contribution is 2.29. The van der Waals surface area contributed by atoms with Gasteiger partial charge in [0.25, 0.3) is 0 Å². The lowest BCUT2D eigenvalue weighted by atomic mass is 10.1. The molecule has 1 heterocycles. The lowest BCUT2D eigenvalue weighted by molar-refractivity contribution is -0.305. The van der Waals surface area contributed by atoms with E-state index in [4.69, 9.17) is 0 Å². The van der Waals surface area contributed by atoms with Crippen molar-refractivity contribution in [1.82, 2.24) is 5.32 Å². The number of rotatable bonds is 4. The predicted molar refractivity (Wildman–Crippen MR) is 75.6 cm³/mol. The van der Waals surface area contributed by atoms with E-state index < -0.39 is 35.3 Å². The number of hydrogen-bond donors (Lipinski definition) is 1. The zero-order valence-corrected chi connectivity index (χ0v) is 12.1. The SMILES string of the molecule is O=C([O-])C[C@@H]1S/C(=N/N=C\c2cccc(C(F)(F)F)c2)NC1=O. The number of carbonyl (C=O) groups is 2. The smallest absolute Gasteiger partial charge is 0.416 e. The fourth-order valence-electron chi connectivity index (χ4n) is 1.68. The van der Waals surface area contributed by atoms with Gasteiger partial charge < -0.3 is 15.2 Å². The summed E-state index contributed by atoms with van der Waals surface area (Å²) in [6.07, 6.45) is -3.82. The molecule has 1 amide bonds. The van der Waals surface area contributed by atoms with Gasteiger partial charge in [-0.2, -0.15) is 18.3 Å². The van der Waals surface area contributed by atoms with Crippen LogP contribution in [0.2, 0.25) is 0 Å². The van der Waals surface area contributed by atoms with E-state index >= 15 is 0 Å². The quantitative estimate of drug-likeness (QED) is 0.645. The van der Waals surface area contributed by atoms with Gasteiger partial charge in [0.2, 0.25) is 5.91 Å². The van der Waals surface area contributed by atoms with Crippen LogP contribution in [0.5, 0.6) is 0 Å². The van der Waals surface area contributed by atoms with Gasteiger partial charge in [0.1, 0.15) is 0 Å². The average Bonchev–Trinajstić information content (AvgIpc) is 2.78. The van der Waals surface area contributed by atoms with Gasteiger partial charge >= 0.3 is 6.18 Å². The zero-order valence-electron chi connectivity index (χ0n) is 11.3. The first-order valence-corrected chi connectivity index (χ1v) is 7.09. The second kappa shape index (κ2) is 6.82. The summed E-state index contributed by atoms with van der Waals surface area (Å²) in [7, 11) is 0. The van der Waals surface area contributed by atoms with Crippen LogP contribution >= 0.6 is 11.8 Å². The van der Waals surface area contributed by atoms with E-state index in [1.54, 1.807) is 0 Å². The largest absolute Gasteiger partial charge is 0.550 e. The maximum atomic E-state index is 12.6. The summed E-state index contributed by atoms with van der Waals surface area (Å²) in [6.45, 7) is 0. The van der Waals surface area contributed by atoms with Crippen molar-refractivity contribution in [3.63, 3.8) is 0 Å². The number of carbonyl (C=O) groups excluding carboxylic acids is 2. The summed E-state index contributed by atoms with van der Waals surface area (Å²) in [4.78, 5) is 21.9. The molecule has 0 spiro atoms. The Balaban J connectivity index is 2.04. The number of alkyl halides is 3. The molecular weight excluding hydrogens is 335 g/mol. The Kier molecular flexibility index (Phi) is 5.04. The first-order valence-electron chi connectivity index (χ1n) is 6.21. The highest BCUT2D eigenvalue weighted by molar-refractivity contribution is 8.15. The molecule has 1 aromatic rings. The van der Waals surface area contributed by atoms with Crippen molar-refractivity contribution in [1.29, 1.82) is 0 Å². The average molecular weight is 344 g/mol. The first-order chi connectivity index (χ1) is 10.8. The Morgan fingerprint density at radius 3 is 2.83 bits per heavy atom. The summed E-state index contributed by atoms with van der Waals surface area (Å²) in [5.74, 6) is -1.90. The fourth-order valence-corrected chi connectivity index (χ4v) is 2.59. The zero-order chi connectivity index (χ0) is 17.0. The molecule has 1 atom stereocenters. The maximum absolute atomic E-state index is 12.6. The molecular formula is C13H9F3N3O3S-. The summed E-state index contributed by atoms with van der Waals surface area (Å²) in [6, 6.07) is 4.49. The van der Waals surface area contributed by atoms with Gasteiger partial charge in [0.05, 0.1) is 17.0 Å². The number of halogens is 3. The van der Waals surface area contributed by atoms with Crippen molar-refractivity contribution in [2.45, 2.75) is 17.8 Å². The molecule has 0 aliphatic carbocycles. The van der Waals surface area contributed by atoms with Crippen LogP contribution in [0.1, 0.15) is 17.5 Å². The summed E-state index contributed by atoms with van der Waals surface area (Å²) in [5, 5.41) is 19.2. The van der Waals surface area contributed by atoms with Gasteiger partial charge in [-0.05, 0) is 17.7 Å². The van der Waals surface area contributed by atoms with Crippen LogP contribution in [0.25, 0.3) is 0 Å². The molecule has 0 aromatic heterocycles. The number of benzene rings is 1. The van der Waals surface area contributed by atoms with Crippen LogP contribution in [-0.4, -0.2) is 28.5 Å². The molecule has 1 saturated heterocycles. The van der Waals surface area contributed by atoms with Crippen molar-refractivity contribution < 1.29 is 27.9 Å². The lowest BCUT2D eigenvalue weighted by Gasteiger charge is -2.06. The molecule has 1 aliphatic rings. The van der Waals surface area contributed by atoms with Crippen LogP contribution < -0.4 is 10.4 Å². The fraction of sp³-hybridized carbons (Fsp3) is 0.231. The number of carboxylic acid groups (broad SMARTS) is 1. The number of carboxylic acids is 1. The van der Waals surface area contributed by atoms with Gasteiger partial charge in [-0.25, -0.2) is 0 Å². The minimum atomic E-state index is -4.46. The normalized spacial score (nSPS) is 20.2. The molecule has 1 aromatic carbocycles. The third-order valence-electron chi connectivity index (χ3n) is 2.70. The van der Waals surface area contributed by atoms with Crippen molar-refractivity contribution in [3.05, 3.63) is 35.4 Å². The van der Waals surface area contributed by atoms with Gasteiger partial charge in [0, 0.05) is 12.4 Å². The maximum Gasteiger partial charge on any atom is 0.416 e. The summed E-state index contributed by atoms with van der Waals surface area (Å²) < 4.78 is 37.7. The number of aliphatic carboxylic acids is 1. The number of nitrogens with one attached hydrogen (secondary N) is 1. The molecule has 1 N–H and O–H groups in total. The van der Waals surface area contributed by atoms with E-state index in [-0.39, 0.29) is 10.7 Å². The molecule has 6 nitrogen and oxygen atoms in total. The lowest BCUT2D eigenvalue weighted by Crippen LogP contribution is -2.31. The molecule has 0 unspecified atom stereocenters. The molecule has 0 bridgehead atoms. The standard InChI is InChI=1S/C13H10F3N3O3S/c14-13(15,16)8-3-1-2-7(4-8)6-17-19-12-18-11(22)9(23-12)5-10(20)21/h1-4,6,9H,5H2,(H,20,21)(H,18,19,22)/p-1/b17-6-/t9-/m0/s1. The van der Waals surface area contributed by atoms with Crippen molar-refractivity contribution in [2.24, 2.45) is 10.2 Å². The molecule has 1 fully saturated rings. The van der Waals surface area contributed by atoms with Gasteiger partial charge in [-0.15, -0.1) is 5.10 Å². The van der Waals surface area contributed by atoms with E-state index in [1.807, 2.05) is 0 Å². The highest BCUT2D eigenvalue weighted by Gasteiger charge is 2.31. The van der Waals surface area contributed by atoms with Crippen molar-refractivity contribution in [3.8, 4) is 0 Å². The molecule has 23 heavy (non-hydrogen) atoms. The number of nitrogens with zero attached hydrogens (tertiary/aromatic N) is 2. The Morgan fingerprint density at radius 1 is 1.43 bits per heavy atom. The summed E-state index contributed by atoms with van der Waals surface area (Å²) in [5.41, 5.74) is -0.628. The van der Waals surface area contributed by atoms with E-state index in [0.29, 0.717) is 0 Å². The second-order valence-electron chi connectivity index (χ2n) is 4.44. The number of thioether (sulfide) groups is 1. The Hall–Kier alpha value is -2.36. The van der Waals surface area contributed by atoms with Gasteiger partial charge in [-0.1, -0.05) is 23.9 Å². The third kappa shape index (κ3) is 4.81. The molecule has 1 aliphatic heterocycles.